The summed E-state index contributed by atoms with van der Waals surface area (Å²) in [6.07, 6.45) is 1.72. The van der Waals surface area contributed by atoms with Gasteiger partial charge in [-0.1, -0.05) is 0 Å². The van der Waals surface area contributed by atoms with Gasteiger partial charge in [-0.2, -0.15) is 0 Å². The molecule has 0 spiro atoms. The van der Waals surface area contributed by atoms with Gasteiger partial charge >= 0.3 is 0 Å². The van der Waals surface area contributed by atoms with Gasteiger partial charge in [-0.25, -0.2) is 15.0 Å². The summed E-state index contributed by atoms with van der Waals surface area (Å²) in [7, 11) is 1.82. The lowest BCUT2D eigenvalue weighted by Gasteiger charge is -2.02. The van der Waals surface area contributed by atoms with Crippen molar-refractivity contribution in [3.05, 3.63) is 21.6 Å². The fourth-order valence-electron chi connectivity index (χ4n) is 0.989. The summed E-state index contributed by atoms with van der Waals surface area (Å²) in [5, 5.41) is 4.89. The summed E-state index contributed by atoms with van der Waals surface area (Å²) in [6.45, 7) is 0. The van der Waals surface area contributed by atoms with E-state index in [0.29, 0.717) is 5.82 Å². The van der Waals surface area contributed by atoms with Crippen LogP contribution in [0.3, 0.4) is 0 Å². The summed E-state index contributed by atoms with van der Waals surface area (Å²) in [6, 6.07) is 0. The van der Waals surface area contributed by atoms with E-state index in [0.717, 1.165) is 16.0 Å². The minimum Gasteiger partial charge on any atom is -0.372 e. The fraction of sp³-hybridized carbons (Fsp3) is 0.125. The number of anilines is 1. The molecule has 4 nitrogen and oxygen atoms in total. The second-order valence-electron chi connectivity index (χ2n) is 2.51. The van der Waals surface area contributed by atoms with Gasteiger partial charge in [0.25, 0.3) is 0 Å². The molecule has 0 aliphatic rings. The van der Waals surface area contributed by atoms with Crippen molar-refractivity contribution < 1.29 is 0 Å². The van der Waals surface area contributed by atoms with E-state index in [1.54, 1.807) is 11.7 Å². The predicted molar refractivity (Wildman–Crippen MR) is 60.4 cm³/mol. The molecule has 0 amide bonds. The largest absolute Gasteiger partial charge is 0.372 e. The van der Waals surface area contributed by atoms with Crippen molar-refractivity contribution in [2.45, 2.75) is 0 Å². The van der Waals surface area contributed by atoms with E-state index in [4.69, 9.17) is 0 Å². The molecule has 0 bridgehead atoms. The summed E-state index contributed by atoms with van der Waals surface area (Å²) in [4.78, 5) is 12.6. The Morgan fingerprint density at radius 1 is 1.43 bits per heavy atom. The van der Waals surface area contributed by atoms with Crippen LogP contribution < -0.4 is 5.32 Å². The maximum Gasteiger partial charge on any atom is 0.181 e. The molecular weight excluding hydrogens is 264 g/mol. The van der Waals surface area contributed by atoms with Gasteiger partial charge in [-0.15, -0.1) is 11.3 Å². The van der Waals surface area contributed by atoms with Crippen LogP contribution >= 0.6 is 27.3 Å². The van der Waals surface area contributed by atoms with E-state index < -0.39 is 0 Å². The predicted octanol–water partition coefficient (Wildman–Crippen LogP) is 2.40. The molecular formula is C8H7BrN4S. The Hall–Kier alpha value is -1.01. The number of hydrogen-bond acceptors (Lipinski definition) is 5. The highest BCUT2D eigenvalue weighted by molar-refractivity contribution is 9.10. The first kappa shape index (κ1) is 9.54. The van der Waals surface area contributed by atoms with Gasteiger partial charge in [0.15, 0.2) is 5.82 Å². The second-order valence-corrected chi connectivity index (χ2v) is 4.09. The maximum absolute atomic E-state index is 4.31. The zero-order valence-electron chi connectivity index (χ0n) is 7.36. The lowest BCUT2D eigenvalue weighted by Crippen LogP contribution is -1.97. The van der Waals surface area contributed by atoms with Crippen molar-refractivity contribution in [2.24, 2.45) is 0 Å². The highest BCUT2D eigenvalue weighted by Gasteiger charge is 2.06. The van der Waals surface area contributed by atoms with E-state index in [-0.39, 0.29) is 0 Å². The van der Waals surface area contributed by atoms with Crippen molar-refractivity contribution in [1.82, 2.24) is 15.0 Å². The van der Waals surface area contributed by atoms with Crippen LogP contribution in [-0.4, -0.2) is 22.0 Å². The molecule has 2 heterocycles. The van der Waals surface area contributed by atoms with Gasteiger partial charge in [0.2, 0.25) is 0 Å². The molecule has 0 radical (unpaired) electrons. The van der Waals surface area contributed by atoms with Crippen molar-refractivity contribution >= 4 is 33.1 Å². The first-order valence-electron chi connectivity index (χ1n) is 3.90. The van der Waals surface area contributed by atoms with E-state index in [2.05, 4.69) is 36.2 Å². The number of thiazole rings is 1. The molecule has 0 aliphatic heterocycles. The number of halogens is 1. The summed E-state index contributed by atoms with van der Waals surface area (Å²) in [5.74, 6) is 1.40. The van der Waals surface area contributed by atoms with E-state index in [1.807, 2.05) is 12.4 Å². The van der Waals surface area contributed by atoms with Crippen LogP contribution in [0.25, 0.3) is 11.5 Å². The Balaban J connectivity index is 2.46. The summed E-state index contributed by atoms with van der Waals surface area (Å²) in [5.41, 5.74) is 2.57. The molecule has 14 heavy (non-hydrogen) atoms. The molecule has 6 heteroatoms. The number of hydrogen-bond donors (Lipinski definition) is 1. The van der Waals surface area contributed by atoms with Crippen LogP contribution in [0.15, 0.2) is 21.6 Å². The molecule has 0 atom stereocenters. The van der Waals surface area contributed by atoms with Crippen molar-refractivity contribution in [3.8, 4) is 11.5 Å². The van der Waals surface area contributed by atoms with Gasteiger partial charge in [0, 0.05) is 18.6 Å². The maximum atomic E-state index is 4.31. The average molecular weight is 271 g/mol. The quantitative estimate of drug-likeness (QED) is 0.911. The van der Waals surface area contributed by atoms with Crippen LogP contribution in [0.2, 0.25) is 0 Å². The Morgan fingerprint density at radius 3 is 2.93 bits per heavy atom. The van der Waals surface area contributed by atoms with E-state index in [9.17, 15) is 0 Å². The van der Waals surface area contributed by atoms with Gasteiger partial charge < -0.3 is 5.32 Å². The average Bonchev–Trinajstić information content (AvgIpc) is 2.71. The third-order valence-electron chi connectivity index (χ3n) is 1.64. The number of rotatable bonds is 2. The summed E-state index contributed by atoms with van der Waals surface area (Å²) < 4.78 is 0.846. The van der Waals surface area contributed by atoms with Crippen LogP contribution in [0.4, 0.5) is 5.82 Å². The molecule has 2 aromatic rings. The van der Waals surface area contributed by atoms with E-state index >= 15 is 0 Å². The number of nitrogens with one attached hydrogen (secondary N) is 1. The van der Waals surface area contributed by atoms with Crippen LogP contribution in [0.5, 0.6) is 0 Å². The Morgan fingerprint density at radius 2 is 2.29 bits per heavy atom. The third-order valence-corrected chi connectivity index (χ3v) is 2.81. The highest BCUT2D eigenvalue weighted by atomic mass is 79.9. The SMILES string of the molecule is CNc1nc(-c2cscn2)ncc1Br. The smallest absolute Gasteiger partial charge is 0.181 e. The Labute approximate surface area is 93.6 Å². The Kier molecular flexibility index (Phi) is 2.74. The summed E-state index contributed by atoms with van der Waals surface area (Å²) >= 11 is 4.88. The van der Waals surface area contributed by atoms with Crippen LogP contribution in [-0.2, 0) is 0 Å². The van der Waals surface area contributed by atoms with E-state index in [1.165, 1.54) is 11.3 Å². The first-order chi connectivity index (χ1) is 6.81. The topological polar surface area (TPSA) is 50.7 Å². The molecule has 2 aromatic heterocycles. The molecule has 0 aromatic carbocycles. The molecule has 1 N–H and O–H groups in total. The lowest BCUT2D eigenvalue weighted by molar-refractivity contribution is 1.13. The molecule has 0 aliphatic carbocycles. The third kappa shape index (κ3) is 1.76. The lowest BCUT2D eigenvalue weighted by atomic mass is 10.4. The van der Waals surface area contributed by atoms with Crippen LogP contribution in [0.1, 0.15) is 0 Å². The van der Waals surface area contributed by atoms with Gasteiger partial charge in [0.1, 0.15) is 11.5 Å². The molecule has 0 saturated heterocycles. The molecule has 2 rings (SSSR count). The Bertz CT molecular complexity index is 429. The first-order valence-corrected chi connectivity index (χ1v) is 5.63. The minimum absolute atomic E-state index is 0.638. The molecule has 0 fully saturated rings. The molecule has 0 unspecified atom stereocenters. The minimum atomic E-state index is 0.638. The van der Waals surface area contributed by atoms with Gasteiger partial charge in [-0.05, 0) is 15.9 Å². The van der Waals surface area contributed by atoms with Gasteiger partial charge in [-0.3, -0.25) is 0 Å². The normalized spacial score (nSPS) is 10.1. The van der Waals surface area contributed by atoms with Crippen molar-refractivity contribution in [2.75, 3.05) is 12.4 Å². The number of aromatic nitrogens is 3. The molecule has 0 saturated carbocycles. The van der Waals surface area contributed by atoms with Crippen molar-refractivity contribution in [3.63, 3.8) is 0 Å². The zero-order chi connectivity index (χ0) is 9.97. The zero-order valence-corrected chi connectivity index (χ0v) is 9.76. The van der Waals surface area contributed by atoms with Crippen LogP contribution in [0, 0.1) is 0 Å². The standard InChI is InChI=1S/C8H7BrN4S/c1-10-7-5(9)2-11-8(13-7)6-3-14-4-12-6/h2-4H,1H3,(H,10,11,13). The monoisotopic (exact) mass is 270 g/mol. The molecule has 72 valence electrons. The highest BCUT2D eigenvalue weighted by Crippen LogP contribution is 2.22. The second kappa shape index (κ2) is 4.02. The fourth-order valence-corrected chi connectivity index (χ4v) is 1.91. The number of nitrogens with zero attached hydrogens (tertiary/aromatic N) is 3. The van der Waals surface area contributed by atoms with Gasteiger partial charge in [0.05, 0.1) is 9.98 Å². The van der Waals surface area contributed by atoms with Crippen molar-refractivity contribution in [1.29, 1.82) is 0 Å².